The van der Waals surface area contributed by atoms with Crippen LogP contribution in [0.1, 0.15) is 19.8 Å². The van der Waals surface area contributed by atoms with Crippen LogP contribution in [0.25, 0.3) is 0 Å². The summed E-state index contributed by atoms with van der Waals surface area (Å²) in [5.41, 5.74) is 0. The largest absolute Gasteiger partial charge is 0.479 e. The number of carbonyl (C=O) groups is 1. The van der Waals surface area contributed by atoms with Crippen LogP contribution in [0.2, 0.25) is 0 Å². The average molecular weight is 308 g/mol. The first-order chi connectivity index (χ1) is 10.2. The summed E-state index contributed by atoms with van der Waals surface area (Å²) in [7, 11) is 1.43. The number of hydrogen-bond acceptors (Lipinski definition) is 6. The van der Waals surface area contributed by atoms with Crippen molar-refractivity contribution in [2.24, 2.45) is 0 Å². The highest BCUT2D eigenvalue weighted by Crippen LogP contribution is 1.94. The van der Waals surface area contributed by atoms with Crippen LogP contribution in [0.15, 0.2) is 0 Å². The van der Waals surface area contributed by atoms with E-state index in [1.54, 1.807) is 0 Å². The topological polar surface area (TPSA) is 83.5 Å². The van der Waals surface area contributed by atoms with Gasteiger partial charge in [0.25, 0.3) is 0 Å². The van der Waals surface area contributed by atoms with E-state index in [4.69, 9.17) is 28.8 Å². The maximum Gasteiger partial charge on any atom is 0.335 e. The molecule has 1 atom stereocenters. The molecular formula is C14H28O7. The fourth-order valence-corrected chi connectivity index (χ4v) is 1.38. The fourth-order valence-electron chi connectivity index (χ4n) is 1.38. The molecule has 0 amide bonds. The molecule has 0 fully saturated rings. The Hall–Kier alpha value is -0.730. The second kappa shape index (κ2) is 15.7. The molecule has 0 aromatic carbocycles. The molecule has 1 N–H and O–H groups in total. The van der Waals surface area contributed by atoms with E-state index >= 15 is 0 Å². The molecule has 0 bridgehead atoms. The normalized spacial score (nSPS) is 12.5. The molecule has 0 rings (SSSR count). The first-order valence-electron chi connectivity index (χ1n) is 7.29. The monoisotopic (exact) mass is 308 g/mol. The van der Waals surface area contributed by atoms with Gasteiger partial charge in [-0.25, -0.2) is 4.79 Å². The summed E-state index contributed by atoms with van der Waals surface area (Å²) in [4.78, 5) is 10.7. The Morgan fingerprint density at radius 3 is 1.95 bits per heavy atom. The summed E-state index contributed by atoms with van der Waals surface area (Å²) in [5, 5.41) is 8.80. The van der Waals surface area contributed by atoms with Crippen molar-refractivity contribution in [3.05, 3.63) is 0 Å². The standard InChI is InChI=1S/C14H28O7/c1-3-4-5-18-6-7-19-8-9-20-10-11-21-13(12-17-2)14(15)16/h13H,3-12H2,1-2H3,(H,15,16). The fraction of sp³-hybridized carbons (Fsp3) is 0.929. The number of rotatable bonds is 16. The van der Waals surface area contributed by atoms with Gasteiger partial charge in [-0.3, -0.25) is 0 Å². The lowest BCUT2D eigenvalue weighted by Gasteiger charge is -2.12. The van der Waals surface area contributed by atoms with Crippen LogP contribution >= 0.6 is 0 Å². The van der Waals surface area contributed by atoms with E-state index in [0.717, 1.165) is 19.4 Å². The molecule has 0 aromatic rings. The van der Waals surface area contributed by atoms with Crippen LogP contribution in [0, 0.1) is 0 Å². The summed E-state index contributed by atoms with van der Waals surface area (Å²) < 4.78 is 25.8. The molecule has 0 radical (unpaired) electrons. The Bertz CT molecular complexity index is 235. The van der Waals surface area contributed by atoms with Crippen LogP contribution in [-0.2, 0) is 28.5 Å². The zero-order chi connectivity index (χ0) is 15.8. The maximum absolute atomic E-state index is 10.7. The molecule has 0 heterocycles. The van der Waals surface area contributed by atoms with Gasteiger partial charge in [-0.15, -0.1) is 0 Å². The van der Waals surface area contributed by atoms with Gasteiger partial charge in [0.15, 0.2) is 6.10 Å². The molecule has 21 heavy (non-hydrogen) atoms. The summed E-state index contributed by atoms with van der Waals surface area (Å²) in [6.45, 7) is 5.53. The van der Waals surface area contributed by atoms with Gasteiger partial charge in [-0.2, -0.15) is 0 Å². The van der Waals surface area contributed by atoms with Crippen LogP contribution < -0.4 is 0 Å². The van der Waals surface area contributed by atoms with E-state index in [2.05, 4.69) is 6.92 Å². The molecule has 0 spiro atoms. The third-order valence-electron chi connectivity index (χ3n) is 2.53. The molecule has 126 valence electrons. The minimum absolute atomic E-state index is 0.0243. The highest BCUT2D eigenvalue weighted by Gasteiger charge is 2.17. The van der Waals surface area contributed by atoms with Crippen LogP contribution in [-0.4, -0.2) is 77.1 Å². The van der Waals surface area contributed by atoms with Gasteiger partial charge in [-0.05, 0) is 6.42 Å². The number of aliphatic carboxylic acids is 1. The number of hydrogen-bond donors (Lipinski definition) is 1. The van der Waals surface area contributed by atoms with Gasteiger partial charge in [0, 0.05) is 13.7 Å². The summed E-state index contributed by atoms with van der Waals surface area (Å²) in [5.74, 6) is -1.04. The molecule has 0 aromatic heterocycles. The predicted molar refractivity (Wildman–Crippen MR) is 76.6 cm³/mol. The lowest BCUT2D eigenvalue weighted by Crippen LogP contribution is -2.30. The smallest absolute Gasteiger partial charge is 0.335 e. The quantitative estimate of drug-likeness (QED) is 0.425. The third kappa shape index (κ3) is 14.0. The van der Waals surface area contributed by atoms with Crippen molar-refractivity contribution in [3.63, 3.8) is 0 Å². The van der Waals surface area contributed by atoms with E-state index in [1.807, 2.05) is 0 Å². The van der Waals surface area contributed by atoms with Crippen LogP contribution in [0.4, 0.5) is 0 Å². The Balaban J connectivity index is 3.23. The molecule has 0 aliphatic rings. The first-order valence-corrected chi connectivity index (χ1v) is 7.29. The van der Waals surface area contributed by atoms with Gasteiger partial charge in [-0.1, -0.05) is 13.3 Å². The minimum atomic E-state index is -1.04. The molecule has 0 saturated heterocycles. The number of carboxylic acids is 1. The Labute approximate surface area is 126 Å². The van der Waals surface area contributed by atoms with Gasteiger partial charge < -0.3 is 28.8 Å². The number of unbranched alkanes of at least 4 members (excludes halogenated alkanes) is 1. The Morgan fingerprint density at radius 2 is 1.48 bits per heavy atom. The van der Waals surface area contributed by atoms with Crippen molar-refractivity contribution < 1.29 is 33.6 Å². The lowest BCUT2D eigenvalue weighted by molar-refractivity contribution is -0.155. The van der Waals surface area contributed by atoms with Crippen molar-refractivity contribution in [1.29, 1.82) is 0 Å². The van der Waals surface area contributed by atoms with Crippen molar-refractivity contribution in [1.82, 2.24) is 0 Å². The zero-order valence-corrected chi connectivity index (χ0v) is 13.0. The van der Waals surface area contributed by atoms with Gasteiger partial charge in [0.2, 0.25) is 0 Å². The SMILES string of the molecule is CCCCOCCOCCOCCOC(COC)C(=O)O. The number of methoxy groups -OCH3 is 1. The van der Waals surface area contributed by atoms with Gasteiger partial charge in [0.1, 0.15) is 0 Å². The minimum Gasteiger partial charge on any atom is -0.479 e. The van der Waals surface area contributed by atoms with Gasteiger partial charge in [0.05, 0.1) is 46.2 Å². The van der Waals surface area contributed by atoms with Crippen molar-refractivity contribution in [2.45, 2.75) is 25.9 Å². The van der Waals surface area contributed by atoms with E-state index in [9.17, 15) is 4.79 Å². The highest BCUT2D eigenvalue weighted by atomic mass is 16.6. The Kier molecular flexibility index (Phi) is 15.1. The van der Waals surface area contributed by atoms with Crippen molar-refractivity contribution in [3.8, 4) is 0 Å². The molecule has 0 saturated carbocycles. The first kappa shape index (κ1) is 20.3. The van der Waals surface area contributed by atoms with E-state index < -0.39 is 12.1 Å². The van der Waals surface area contributed by atoms with Crippen LogP contribution in [0.3, 0.4) is 0 Å². The number of carboxylic acid groups (broad SMARTS) is 1. The molecule has 0 aliphatic carbocycles. The van der Waals surface area contributed by atoms with Crippen molar-refractivity contribution in [2.75, 3.05) is 60.0 Å². The molecule has 0 aliphatic heterocycles. The molecule has 7 nitrogen and oxygen atoms in total. The van der Waals surface area contributed by atoms with Gasteiger partial charge >= 0.3 is 5.97 Å². The van der Waals surface area contributed by atoms with Crippen molar-refractivity contribution >= 4 is 5.97 Å². The molecule has 1 unspecified atom stereocenters. The number of ether oxygens (including phenoxy) is 5. The van der Waals surface area contributed by atoms with Crippen LogP contribution in [0.5, 0.6) is 0 Å². The Morgan fingerprint density at radius 1 is 0.952 bits per heavy atom. The predicted octanol–water partition coefficient (Wildman–Crippen LogP) is 0.953. The molecule has 7 heteroatoms. The lowest BCUT2D eigenvalue weighted by atomic mass is 10.4. The van der Waals surface area contributed by atoms with E-state index in [0.29, 0.717) is 33.0 Å². The van der Waals surface area contributed by atoms with E-state index in [-0.39, 0.29) is 13.2 Å². The zero-order valence-electron chi connectivity index (χ0n) is 13.0. The third-order valence-corrected chi connectivity index (χ3v) is 2.53. The summed E-state index contributed by atoms with van der Waals surface area (Å²) in [6, 6.07) is 0. The van der Waals surface area contributed by atoms with E-state index in [1.165, 1.54) is 7.11 Å². The highest BCUT2D eigenvalue weighted by molar-refractivity contribution is 5.72. The average Bonchev–Trinajstić information content (AvgIpc) is 2.47. The maximum atomic E-state index is 10.7. The summed E-state index contributed by atoms with van der Waals surface area (Å²) >= 11 is 0. The second-order valence-electron chi connectivity index (χ2n) is 4.34. The molecular weight excluding hydrogens is 280 g/mol. The summed E-state index contributed by atoms with van der Waals surface area (Å²) in [6.07, 6.45) is 1.25. The second-order valence-corrected chi connectivity index (χ2v) is 4.34.